The summed E-state index contributed by atoms with van der Waals surface area (Å²) < 4.78 is 6.80. The number of hydrogen-bond donors (Lipinski definition) is 1. The first kappa shape index (κ1) is 13.6. The maximum Gasteiger partial charge on any atom is 0.239 e. The average molecular weight is 283 g/mol. The number of ether oxygens (including phenoxy) is 1. The van der Waals surface area contributed by atoms with E-state index in [4.69, 9.17) is 16.3 Å². The van der Waals surface area contributed by atoms with Crippen molar-refractivity contribution in [2.24, 2.45) is 0 Å². The molecule has 0 saturated carbocycles. The molecule has 19 heavy (non-hydrogen) atoms. The van der Waals surface area contributed by atoms with Crippen molar-refractivity contribution in [2.45, 2.75) is 18.8 Å². The number of fused-ring (bicyclic) bond motifs is 1. The van der Waals surface area contributed by atoms with Gasteiger partial charge < -0.3 is 14.6 Å². The zero-order valence-corrected chi connectivity index (χ0v) is 11.7. The number of imidazole rings is 1. The van der Waals surface area contributed by atoms with Crippen LogP contribution in [0.2, 0.25) is 0 Å². The maximum absolute atomic E-state index is 11.6. The Kier molecular flexibility index (Phi) is 3.90. The van der Waals surface area contributed by atoms with Gasteiger partial charge in [-0.05, 0) is 13.0 Å². The van der Waals surface area contributed by atoms with Gasteiger partial charge in [-0.3, -0.25) is 4.79 Å². The number of nitrogens with one attached hydrogen (secondary N) is 1. The molecule has 2 heterocycles. The van der Waals surface area contributed by atoms with Crippen LogP contribution in [0.5, 0.6) is 5.88 Å². The van der Waals surface area contributed by atoms with Crippen LogP contribution in [-0.2, 0) is 11.3 Å². The van der Waals surface area contributed by atoms with Crippen LogP contribution in [0.15, 0.2) is 12.1 Å². The fourth-order valence-electron chi connectivity index (χ4n) is 1.80. The van der Waals surface area contributed by atoms with Gasteiger partial charge in [-0.2, -0.15) is 4.98 Å². The highest BCUT2D eigenvalue weighted by Gasteiger charge is 2.18. The van der Waals surface area contributed by atoms with Gasteiger partial charge in [0.25, 0.3) is 0 Å². The number of rotatable bonds is 4. The highest BCUT2D eigenvalue weighted by Crippen LogP contribution is 2.24. The summed E-state index contributed by atoms with van der Waals surface area (Å²) in [5.74, 6) is 0.947. The maximum atomic E-state index is 11.6. The number of methoxy groups -OCH3 is 1. The number of aromatic nitrogens is 3. The number of carbonyl (C=O) groups is 1. The van der Waals surface area contributed by atoms with Crippen LogP contribution < -0.4 is 10.1 Å². The van der Waals surface area contributed by atoms with Gasteiger partial charge in [-0.1, -0.05) is 0 Å². The van der Waals surface area contributed by atoms with Crippen molar-refractivity contribution in [3.8, 4) is 5.88 Å². The van der Waals surface area contributed by atoms with Crippen molar-refractivity contribution >= 4 is 28.7 Å². The van der Waals surface area contributed by atoms with E-state index in [1.807, 2.05) is 0 Å². The Morgan fingerprint density at radius 2 is 2.26 bits per heavy atom. The van der Waals surface area contributed by atoms with Gasteiger partial charge in [-0.15, -0.1) is 11.6 Å². The Morgan fingerprint density at radius 1 is 1.53 bits per heavy atom. The van der Waals surface area contributed by atoms with E-state index in [1.165, 1.54) is 0 Å². The number of carbonyl (C=O) groups excluding carboxylic acids is 1. The fraction of sp³-hybridized carbons (Fsp3) is 0.417. The molecule has 0 aromatic carbocycles. The van der Waals surface area contributed by atoms with Crippen LogP contribution in [-0.4, -0.2) is 34.6 Å². The molecule has 1 unspecified atom stereocenters. The second-order valence-corrected chi connectivity index (χ2v) is 4.70. The molecule has 7 heteroatoms. The van der Waals surface area contributed by atoms with Crippen molar-refractivity contribution < 1.29 is 9.53 Å². The van der Waals surface area contributed by atoms with E-state index in [-0.39, 0.29) is 17.8 Å². The minimum Gasteiger partial charge on any atom is -0.481 e. The lowest BCUT2D eigenvalue weighted by Crippen LogP contribution is -2.24. The summed E-state index contributed by atoms with van der Waals surface area (Å²) in [6.45, 7) is 1.93. The predicted molar refractivity (Wildman–Crippen MR) is 72.4 cm³/mol. The quantitative estimate of drug-likeness (QED) is 0.863. The number of pyridine rings is 1. The van der Waals surface area contributed by atoms with E-state index in [2.05, 4.69) is 15.3 Å². The number of halogens is 1. The molecule has 6 nitrogen and oxygen atoms in total. The SMILES string of the molecule is CNC(=O)Cn1c(C(C)Cl)nc2ccc(OC)nc21. The number of hydrogen-bond acceptors (Lipinski definition) is 4. The number of amides is 1. The third-order valence-electron chi connectivity index (χ3n) is 2.74. The molecule has 2 aromatic heterocycles. The van der Waals surface area contributed by atoms with Crippen molar-refractivity contribution in [1.82, 2.24) is 19.9 Å². The second kappa shape index (κ2) is 5.44. The van der Waals surface area contributed by atoms with Crippen LogP contribution in [0.3, 0.4) is 0 Å². The molecule has 1 atom stereocenters. The highest BCUT2D eigenvalue weighted by molar-refractivity contribution is 6.20. The van der Waals surface area contributed by atoms with Gasteiger partial charge in [0.2, 0.25) is 11.8 Å². The van der Waals surface area contributed by atoms with E-state index in [1.54, 1.807) is 37.8 Å². The lowest BCUT2D eigenvalue weighted by atomic mass is 10.4. The predicted octanol–water partition coefficient (Wildman–Crippen LogP) is 1.49. The van der Waals surface area contributed by atoms with Gasteiger partial charge in [-0.25, -0.2) is 4.98 Å². The Morgan fingerprint density at radius 3 is 2.84 bits per heavy atom. The first-order valence-corrected chi connectivity index (χ1v) is 6.26. The Labute approximate surface area is 115 Å². The normalized spacial score (nSPS) is 12.4. The van der Waals surface area contributed by atoms with E-state index >= 15 is 0 Å². The Hall–Kier alpha value is -1.82. The van der Waals surface area contributed by atoms with Crippen LogP contribution in [0.25, 0.3) is 11.2 Å². The third-order valence-corrected chi connectivity index (χ3v) is 2.94. The molecule has 0 radical (unpaired) electrons. The standard InChI is InChI=1S/C12H15ClN4O2/c1-7(13)11-15-8-4-5-10(19-3)16-12(8)17(11)6-9(18)14-2/h4-5,7H,6H2,1-3H3,(H,14,18). The number of nitrogens with zero attached hydrogens (tertiary/aromatic N) is 3. The molecule has 2 rings (SSSR count). The second-order valence-electron chi connectivity index (χ2n) is 4.04. The molecular weight excluding hydrogens is 268 g/mol. The fourth-order valence-corrected chi connectivity index (χ4v) is 1.96. The summed E-state index contributed by atoms with van der Waals surface area (Å²) in [5.41, 5.74) is 1.28. The summed E-state index contributed by atoms with van der Waals surface area (Å²) >= 11 is 6.11. The van der Waals surface area contributed by atoms with Crippen LogP contribution in [0.4, 0.5) is 0 Å². The Balaban J connectivity index is 2.59. The summed E-state index contributed by atoms with van der Waals surface area (Å²) in [7, 11) is 3.12. The van der Waals surface area contributed by atoms with Crippen molar-refractivity contribution in [2.75, 3.05) is 14.2 Å². The van der Waals surface area contributed by atoms with Crippen molar-refractivity contribution in [1.29, 1.82) is 0 Å². The smallest absolute Gasteiger partial charge is 0.239 e. The third kappa shape index (κ3) is 2.63. The minimum atomic E-state index is -0.315. The molecule has 102 valence electrons. The van der Waals surface area contributed by atoms with Gasteiger partial charge in [0.15, 0.2) is 5.65 Å². The monoisotopic (exact) mass is 282 g/mol. The van der Waals surface area contributed by atoms with Crippen molar-refractivity contribution in [3.63, 3.8) is 0 Å². The zero-order chi connectivity index (χ0) is 14.0. The van der Waals surface area contributed by atoms with E-state index < -0.39 is 0 Å². The molecule has 0 saturated heterocycles. The first-order chi connectivity index (χ1) is 9.06. The molecular formula is C12H15ClN4O2. The largest absolute Gasteiger partial charge is 0.481 e. The Bertz CT molecular complexity index is 609. The highest BCUT2D eigenvalue weighted by atomic mass is 35.5. The molecule has 0 fully saturated rings. The van der Waals surface area contributed by atoms with Gasteiger partial charge >= 0.3 is 0 Å². The van der Waals surface area contributed by atoms with Gasteiger partial charge in [0.1, 0.15) is 17.9 Å². The topological polar surface area (TPSA) is 69.0 Å². The first-order valence-electron chi connectivity index (χ1n) is 5.82. The summed E-state index contributed by atoms with van der Waals surface area (Å²) in [5, 5.41) is 2.26. The molecule has 2 aromatic rings. The molecule has 0 aliphatic rings. The van der Waals surface area contributed by atoms with Gasteiger partial charge in [0, 0.05) is 13.1 Å². The molecule has 1 amide bonds. The lowest BCUT2D eigenvalue weighted by molar-refractivity contribution is -0.121. The lowest BCUT2D eigenvalue weighted by Gasteiger charge is -2.09. The molecule has 0 bridgehead atoms. The molecule has 0 aliphatic carbocycles. The molecule has 1 N–H and O–H groups in total. The van der Waals surface area contributed by atoms with Gasteiger partial charge in [0.05, 0.1) is 12.5 Å². The van der Waals surface area contributed by atoms with E-state index in [0.29, 0.717) is 22.9 Å². The van der Waals surface area contributed by atoms with Crippen LogP contribution in [0.1, 0.15) is 18.1 Å². The summed E-state index contributed by atoms with van der Waals surface area (Å²) in [4.78, 5) is 20.3. The summed E-state index contributed by atoms with van der Waals surface area (Å²) in [6.07, 6.45) is 0. The average Bonchev–Trinajstić information content (AvgIpc) is 2.76. The zero-order valence-electron chi connectivity index (χ0n) is 11.0. The summed E-state index contributed by atoms with van der Waals surface area (Å²) in [6, 6.07) is 3.52. The molecule has 0 spiro atoms. The van der Waals surface area contributed by atoms with E-state index in [9.17, 15) is 4.79 Å². The number of alkyl halides is 1. The van der Waals surface area contributed by atoms with E-state index in [0.717, 1.165) is 0 Å². The number of likely N-dealkylation sites (N-methyl/N-ethyl adjacent to an activating group) is 1. The molecule has 0 aliphatic heterocycles. The minimum absolute atomic E-state index is 0.125. The van der Waals surface area contributed by atoms with Crippen LogP contribution >= 0.6 is 11.6 Å². The van der Waals surface area contributed by atoms with Crippen molar-refractivity contribution in [3.05, 3.63) is 18.0 Å². The van der Waals surface area contributed by atoms with Crippen LogP contribution in [0, 0.1) is 0 Å².